The molecule has 0 amide bonds. The van der Waals surface area contributed by atoms with E-state index >= 15 is 0 Å². The van der Waals surface area contributed by atoms with Crippen LogP contribution in [0.3, 0.4) is 0 Å². The Kier molecular flexibility index (Phi) is 3.19. The van der Waals surface area contributed by atoms with Gasteiger partial charge in [-0.1, -0.05) is 20.8 Å². The van der Waals surface area contributed by atoms with Gasteiger partial charge in [0, 0.05) is 6.42 Å². The highest BCUT2D eigenvalue weighted by atomic mass is 16.7. The van der Waals surface area contributed by atoms with E-state index in [2.05, 4.69) is 0 Å². The van der Waals surface area contributed by atoms with Crippen molar-refractivity contribution in [2.24, 2.45) is 28.1 Å². The van der Waals surface area contributed by atoms with Crippen molar-refractivity contribution in [2.75, 3.05) is 0 Å². The number of carbonyl (C=O) groups excluding carboxylic acids is 3. The van der Waals surface area contributed by atoms with Gasteiger partial charge in [0.25, 0.3) is 0 Å². The summed E-state index contributed by atoms with van der Waals surface area (Å²) in [6, 6.07) is 0. The molecule has 5 rings (SSSR count). The van der Waals surface area contributed by atoms with Gasteiger partial charge in [0.05, 0.1) is 16.7 Å². The molecule has 5 fully saturated rings. The van der Waals surface area contributed by atoms with E-state index in [4.69, 9.17) is 18.9 Å². The van der Waals surface area contributed by atoms with Crippen LogP contribution in [0.2, 0.25) is 0 Å². The summed E-state index contributed by atoms with van der Waals surface area (Å²) in [6.07, 6.45) is -4.87. The van der Waals surface area contributed by atoms with Crippen LogP contribution < -0.4 is 0 Å². The van der Waals surface area contributed by atoms with Crippen molar-refractivity contribution in [2.45, 2.75) is 70.9 Å². The third-order valence-corrected chi connectivity index (χ3v) is 7.90. The lowest BCUT2D eigenvalue weighted by atomic mass is 9.49. The Balaban J connectivity index is 1.86. The van der Waals surface area contributed by atoms with Crippen LogP contribution in [0.1, 0.15) is 40.5 Å². The van der Waals surface area contributed by atoms with E-state index in [1.807, 2.05) is 20.8 Å². The Labute approximate surface area is 161 Å². The number of esters is 3. The highest BCUT2D eigenvalue weighted by Gasteiger charge is 2.94. The monoisotopic (exact) mass is 396 g/mol. The summed E-state index contributed by atoms with van der Waals surface area (Å²) >= 11 is 0. The first kappa shape index (κ1) is 18.3. The molecule has 1 aliphatic carbocycles. The van der Waals surface area contributed by atoms with Gasteiger partial charge in [-0.3, -0.25) is 4.79 Å². The summed E-state index contributed by atoms with van der Waals surface area (Å²) in [4.78, 5) is 38.2. The van der Waals surface area contributed by atoms with E-state index in [9.17, 15) is 24.6 Å². The molecule has 2 spiro atoms. The number of hydrogen-bond acceptors (Lipinski definition) is 9. The molecule has 0 radical (unpaired) electrons. The lowest BCUT2D eigenvalue weighted by Gasteiger charge is -2.47. The van der Waals surface area contributed by atoms with Crippen molar-refractivity contribution in [3.63, 3.8) is 0 Å². The third-order valence-electron chi connectivity index (χ3n) is 7.90. The molecule has 9 atom stereocenters. The Morgan fingerprint density at radius 1 is 1.04 bits per heavy atom. The minimum atomic E-state index is -1.79. The average molecular weight is 396 g/mol. The van der Waals surface area contributed by atoms with Gasteiger partial charge in [-0.05, 0) is 24.7 Å². The molecular weight excluding hydrogens is 372 g/mol. The molecule has 4 heterocycles. The maximum atomic E-state index is 13.1. The molecule has 1 saturated carbocycles. The quantitative estimate of drug-likeness (QED) is 0.425. The molecule has 28 heavy (non-hydrogen) atoms. The Bertz CT molecular complexity index is 802. The van der Waals surface area contributed by atoms with Crippen molar-refractivity contribution in [1.29, 1.82) is 0 Å². The van der Waals surface area contributed by atoms with Crippen molar-refractivity contribution >= 4 is 17.9 Å². The van der Waals surface area contributed by atoms with Crippen LogP contribution in [0.15, 0.2) is 0 Å². The molecule has 9 nitrogen and oxygen atoms in total. The summed E-state index contributed by atoms with van der Waals surface area (Å²) in [5.74, 6) is -3.80. The number of rotatable bonds is 0. The minimum absolute atomic E-state index is 0.184. The van der Waals surface area contributed by atoms with Gasteiger partial charge in [-0.25, -0.2) is 9.59 Å². The van der Waals surface area contributed by atoms with E-state index in [-0.39, 0.29) is 12.3 Å². The fraction of sp³-hybridized carbons (Fsp3) is 0.842. The Morgan fingerprint density at radius 2 is 1.71 bits per heavy atom. The molecule has 4 saturated heterocycles. The maximum absolute atomic E-state index is 13.1. The van der Waals surface area contributed by atoms with Crippen LogP contribution in [-0.2, 0) is 33.3 Å². The van der Waals surface area contributed by atoms with E-state index in [1.165, 1.54) is 6.92 Å². The summed E-state index contributed by atoms with van der Waals surface area (Å²) in [5.41, 5.74) is -4.89. The summed E-state index contributed by atoms with van der Waals surface area (Å²) in [6.45, 7) is 7.39. The van der Waals surface area contributed by atoms with E-state index in [0.29, 0.717) is 6.42 Å². The van der Waals surface area contributed by atoms with Crippen LogP contribution in [0.5, 0.6) is 0 Å². The van der Waals surface area contributed by atoms with Gasteiger partial charge in [0.15, 0.2) is 11.7 Å². The van der Waals surface area contributed by atoms with Gasteiger partial charge in [0.2, 0.25) is 12.6 Å². The third kappa shape index (κ3) is 1.55. The predicted octanol–water partition coefficient (Wildman–Crippen LogP) is -0.135. The fourth-order valence-corrected chi connectivity index (χ4v) is 7.07. The number of ether oxygens (including phenoxy) is 4. The van der Waals surface area contributed by atoms with Crippen molar-refractivity contribution in [1.82, 2.24) is 0 Å². The van der Waals surface area contributed by atoms with Crippen molar-refractivity contribution in [3.05, 3.63) is 0 Å². The molecule has 2 N–H and O–H groups in total. The number of aliphatic hydroxyl groups excluding tert-OH is 2. The number of cyclic esters (lactones) is 1. The molecule has 9 unspecified atom stereocenters. The normalized spacial score (nSPS) is 54.4. The highest BCUT2D eigenvalue weighted by molar-refractivity contribution is 5.93. The zero-order valence-electron chi connectivity index (χ0n) is 16.1. The van der Waals surface area contributed by atoms with Crippen LogP contribution in [0.25, 0.3) is 0 Å². The summed E-state index contributed by atoms with van der Waals surface area (Å²) < 4.78 is 22.4. The van der Waals surface area contributed by atoms with E-state index in [0.717, 1.165) is 0 Å². The van der Waals surface area contributed by atoms with Crippen LogP contribution in [-0.4, -0.2) is 58.5 Å². The van der Waals surface area contributed by atoms with Crippen LogP contribution in [0, 0.1) is 28.1 Å². The molecule has 9 heteroatoms. The van der Waals surface area contributed by atoms with Gasteiger partial charge < -0.3 is 29.2 Å². The second kappa shape index (κ2) is 4.88. The number of aliphatic hydroxyl groups is 2. The number of hydrogen-bond donors (Lipinski definition) is 2. The molecule has 0 bridgehead atoms. The SMILES string of the molecule is CC1C(=O)OC(O)CC23C4CC(C(C)(C)C)C25C(OC(=O)C5O)OC13C(=O)O4. The molecule has 0 aromatic rings. The predicted molar refractivity (Wildman–Crippen MR) is 87.9 cm³/mol. The zero-order chi connectivity index (χ0) is 20.4. The van der Waals surface area contributed by atoms with Gasteiger partial charge >= 0.3 is 17.9 Å². The van der Waals surface area contributed by atoms with E-state index < -0.39 is 70.5 Å². The van der Waals surface area contributed by atoms with Gasteiger partial charge in [-0.15, -0.1) is 0 Å². The Morgan fingerprint density at radius 3 is 2.36 bits per heavy atom. The van der Waals surface area contributed by atoms with Crippen molar-refractivity contribution < 1.29 is 43.5 Å². The first-order valence-corrected chi connectivity index (χ1v) is 9.60. The van der Waals surface area contributed by atoms with E-state index in [1.54, 1.807) is 0 Å². The standard InChI is InChI=1S/C19H24O9/c1-7-12(22)26-10(20)6-17-9-5-8(16(2,3)4)18(17)11(21)13(23)27-15(18)28-19(7,17)14(24)25-9/h7-11,15,20-21H,5-6H2,1-4H3. The highest BCUT2D eigenvalue weighted by Crippen LogP contribution is 2.80. The average Bonchev–Trinajstić information content (AvgIpc) is 3.15. The smallest absolute Gasteiger partial charge is 0.340 e. The molecule has 5 aliphatic rings. The largest absolute Gasteiger partial charge is 0.459 e. The van der Waals surface area contributed by atoms with Crippen LogP contribution in [0.4, 0.5) is 0 Å². The number of carbonyl (C=O) groups is 3. The minimum Gasteiger partial charge on any atom is -0.459 e. The molecular formula is C19H24O9. The lowest BCUT2D eigenvalue weighted by Crippen LogP contribution is -2.62. The molecule has 154 valence electrons. The second-order valence-electron chi connectivity index (χ2n) is 9.79. The van der Waals surface area contributed by atoms with Crippen LogP contribution >= 0.6 is 0 Å². The summed E-state index contributed by atoms with van der Waals surface area (Å²) in [7, 11) is 0. The molecule has 4 aliphatic heterocycles. The topological polar surface area (TPSA) is 129 Å². The first-order chi connectivity index (χ1) is 12.9. The second-order valence-corrected chi connectivity index (χ2v) is 9.79. The summed E-state index contributed by atoms with van der Waals surface area (Å²) in [5, 5.41) is 21.6. The first-order valence-electron chi connectivity index (χ1n) is 9.60. The van der Waals surface area contributed by atoms with Gasteiger partial charge in [-0.2, -0.15) is 0 Å². The van der Waals surface area contributed by atoms with Crippen molar-refractivity contribution in [3.8, 4) is 0 Å². The molecule has 0 aromatic carbocycles. The lowest BCUT2D eigenvalue weighted by molar-refractivity contribution is -0.209. The molecule has 0 aromatic heterocycles. The zero-order valence-corrected chi connectivity index (χ0v) is 16.1. The van der Waals surface area contributed by atoms with Gasteiger partial charge in [0.1, 0.15) is 6.10 Å². The fourth-order valence-electron chi connectivity index (χ4n) is 7.07. The maximum Gasteiger partial charge on any atom is 0.340 e. The Hall–Kier alpha value is -1.71.